The van der Waals surface area contributed by atoms with Crippen LogP contribution in [0.15, 0.2) is 60.7 Å². The maximum Gasteiger partial charge on any atom is 0.393 e. The fourth-order valence-corrected chi connectivity index (χ4v) is 3.73. The Kier molecular flexibility index (Phi) is 6.80. The molecule has 3 unspecified atom stereocenters. The number of alkyl halides is 3. The Hall–Kier alpha value is -2.83. The molecule has 1 fully saturated rings. The van der Waals surface area contributed by atoms with Gasteiger partial charge in [0.2, 0.25) is 0 Å². The zero-order valence-electron chi connectivity index (χ0n) is 16.5. The van der Waals surface area contributed by atoms with Crippen LogP contribution in [0.3, 0.4) is 0 Å². The second-order valence-corrected chi connectivity index (χ2v) is 7.42. The third-order valence-corrected chi connectivity index (χ3v) is 5.32. The lowest BCUT2D eigenvalue weighted by atomic mass is 9.80. The number of benzene rings is 2. The summed E-state index contributed by atoms with van der Waals surface area (Å²) in [4.78, 5) is 24.7. The van der Waals surface area contributed by atoms with Crippen molar-refractivity contribution >= 4 is 11.9 Å². The van der Waals surface area contributed by atoms with Gasteiger partial charge in [0.1, 0.15) is 18.1 Å². The highest BCUT2D eigenvalue weighted by Gasteiger charge is 2.55. The molecule has 3 rings (SSSR count). The molecule has 0 spiro atoms. The number of ether oxygens (including phenoxy) is 2. The zero-order valence-corrected chi connectivity index (χ0v) is 16.5. The van der Waals surface area contributed by atoms with E-state index in [2.05, 4.69) is 0 Å². The second kappa shape index (κ2) is 9.32. The van der Waals surface area contributed by atoms with Gasteiger partial charge < -0.3 is 9.47 Å². The molecule has 4 atom stereocenters. The number of carbonyl (C=O) groups excluding carboxylic acids is 2. The summed E-state index contributed by atoms with van der Waals surface area (Å²) in [5.74, 6) is -5.68. The molecule has 160 valence electrons. The Morgan fingerprint density at radius 1 is 1.10 bits per heavy atom. The molecule has 0 saturated carbocycles. The standard InChI is InChI=1S/C23H23F3O4/c1-15(17-10-6-3-7-11-17)29-22(28)21-18(23(24,25)26)14-20(27)30-19(21)13-12-16-8-4-2-5-9-16/h2-11,15,18-19,21H,12-14H2,1H3/t15-,18?,19?,21?/m0/s1. The van der Waals surface area contributed by atoms with E-state index in [1.54, 1.807) is 37.3 Å². The minimum atomic E-state index is -4.72. The highest BCUT2D eigenvalue weighted by Crippen LogP contribution is 2.42. The van der Waals surface area contributed by atoms with Gasteiger partial charge in [0.15, 0.2) is 0 Å². The average Bonchev–Trinajstić information content (AvgIpc) is 2.72. The van der Waals surface area contributed by atoms with Crippen LogP contribution >= 0.6 is 0 Å². The maximum absolute atomic E-state index is 13.7. The van der Waals surface area contributed by atoms with Crippen molar-refractivity contribution in [1.82, 2.24) is 0 Å². The Bertz CT molecular complexity index is 852. The van der Waals surface area contributed by atoms with Gasteiger partial charge in [0.05, 0.1) is 12.3 Å². The first-order valence-electron chi connectivity index (χ1n) is 9.81. The van der Waals surface area contributed by atoms with Crippen LogP contribution in [0.2, 0.25) is 0 Å². The van der Waals surface area contributed by atoms with Crippen LogP contribution in [0.1, 0.15) is 37.0 Å². The Morgan fingerprint density at radius 2 is 1.70 bits per heavy atom. The number of halogens is 3. The molecule has 4 nitrogen and oxygen atoms in total. The fourth-order valence-electron chi connectivity index (χ4n) is 3.73. The van der Waals surface area contributed by atoms with E-state index in [9.17, 15) is 22.8 Å². The second-order valence-electron chi connectivity index (χ2n) is 7.42. The number of rotatable bonds is 6. The van der Waals surface area contributed by atoms with E-state index in [0.29, 0.717) is 12.0 Å². The first-order chi connectivity index (χ1) is 14.3. The van der Waals surface area contributed by atoms with Crippen molar-refractivity contribution in [3.8, 4) is 0 Å². The van der Waals surface area contributed by atoms with Crippen LogP contribution in [0.5, 0.6) is 0 Å². The molecular weight excluding hydrogens is 397 g/mol. The predicted molar refractivity (Wildman–Crippen MR) is 103 cm³/mol. The monoisotopic (exact) mass is 420 g/mol. The largest absolute Gasteiger partial charge is 0.461 e. The molecule has 1 saturated heterocycles. The van der Waals surface area contributed by atoms with Crippen LogP contribution in [-0.4, -0.2) is 24.2 Å². The minimum Gasteiger partial charge on any atom is -0.461 e. The Morgan fingerprint density at radius 3 is 2.30 bits per heavy atom. The highest BCUT2D eigenvalue weighted by molar-refractivity contribution is 5.79. The van der Waals surface area contributed by atoms with E-state index in [0.717, 1.165) is 5.56 Å². The summed E-state index contributed by atoms with van der Waals surface area (Å²) in [5, 5.41) is 0. The summed E-state index contributed by atoms with van der Waals surface area (Å²) in [6, 6.07) is 17.9. The molecule has 30 heavy (non-hydrogen) atoms. The van der Waals surface area contributed by atoms with Crippen molar-refractivity contribution in [3.63, 3.8) is 0 Å². The number of aryl methyl sites for hydroxylation is 1. The summed E-state index contributed by atoms with van der Waals surface area (Å²) < 4.78 is 51.7. The lowest BCUT2D eigenvalue weighted by molar-refractivity contribution is -0.230. The maximum atomic E-state index is 13.7. The highest BCUT2D eigenvalue weighted by atomic mass is 19.4. The van der Waals surface area contributed by atoms with Crippen molar-refractivity contribution in [3.05, 3.63) is 71.8 Å². The van der Waals surface area contributed by atoms with E-state index >= 15 is 0 Å². The summed E-state index contributed by atoms with van der Waals surface area (Å²) >= 11 is 0. The third-order valence-electron chi connectivity index (χ3n) is 5.32. The van der Waals surface area contributed by atoms with Gasteiger partial charge in [0.25, 0.3) is 0 Å². The predicted octanol–water partition coefficient (Wildman–Crippen LogP) is 5.03. The van der Waals surface area contributed by atoms with Gasteiger partial charge in [-0.15, -0.1) is 0 Å². The molecule has 0 aromatic heterocycles. The summed E-state index contributed by atoms with van der Waals surface area (Å²) in [5.41, 5.74) is 1.55. The molecule has 1 aliphatic heterocycles. The van der Waals surface area contributed by atoms with Crippen LogP contribution in [-0.2, 0) is 25.5 Å². The van der Waals surface area contributed by atoms with E-state index in [4.69, 9.17) is 9.47 Å². The van der Waals surface area contributed by atoms with Crippen molar-refractivity contribution in [2.24, 2.45) is 11.8 Å². The van der Waals surface area contributed by atoms with Crippen molar-refractivity contribution in [2.75, 3.05) is 0 Å². The molecule has 7 heteroatoms. The number of carbonyl (C=O) groups is 2. The molecule has 0 amide bonds. The molecule has 0 N–H and O–H groups in total. The van der Waals surface area contributed by atoms with E-state index in [1.165, 1.54) is 0 Å². The molecule has 1 heterocycles. The van der Waals surface area contributed by atoms with Crippen LogP contribution in [0.25, 0.3) is 0 Å². The van der Waals surface area contributed by atoms with Gasteiger partial charge in [-0.3, -0.25) is 9.59 Å². The number of cyclic esters (lactones) is 1. The molecule has 2 aromatic carbocycles. The molecule has 0 bridgehead atoms. The number of hydrogen-bond acceptors (Lipinski definition) is 4. The Labute approximate surface area is 173 Å². The topological polar surface area (TPSA) is 52.6 Å². The van der Waals surface area contributed by atoms with Crippen LogP contribution in [0.4, 0.5) is 13.2 Å². The van der Waals surface area contributed by atoms with Gasteiger partial charge in [-0.05, 0) is 30.9 Å². The van der Waals surface area contributed by atoms with Crippen LogP contribution < -0.4 is 0 Å². The normalized spacial score (nSPS) is 22.8. The van der Waals surface area contributed by atoms with Crippen molar-refractivity contribution in [2.45, 2.75) is 44.6 Å². The first-order valence-corrected chi connectivity index (χ1v) is 9.81. The lowest BCUT2D eigenvalue weighted by Gasteiger charge is -2.37. The van der Waals surface area contributed by atoms with Gasteiger partial charge in [-0.25, -0.2) is 0 Å². The summed E-state index contributed by atoms with van der Waals surface area (Å²) in [7, 11) is 0. The lowest BCUT2D eigenvalue weighted by Crippen LogP contribution is -2.49. The molecule has 0 radical (unpaired) electrons. The first kappa shape index (κ1) is 21.9. The van der Waals surface area contributed by atoms with Crippen molar-refractivity contribution in [1.29, 1.82) is 0 Å². The fraction of sp³-hybridized carbons (Fsp3) is 0.391. The number of esters is 2. The van der Waals surface area contributed by atoms with Gasteiger partial charge in [-0.2, -0.15) is 13.2 Å². The zero-order chi connectivity index (χ0) is 21.7. The summed E-state index contributed by atoms with van der Waals surface area (Å²) in [6.07, 6.45) is -7.05. The summed E-state index contributed by atoms with van der Waals surface area (Å²) in [6.45, 7) is 1.60. The molecule has 1 aliphatic rings. The van der Waals surface area contributed by atoms with Gasteiger partial charge >= 0.3 is 18.1 Å². The van der Waals surface area contributed by atoms with Crippen LogP contribution in [0, 0.1) is 11.8 Å². The SMILES string of the molecule is C[C@H](OC(=O)C1C(CCc2ccccc2)OC(=O)CC1C(F)(F)F)c1ccccc1. The Balaban J connectivity index is 1.81. The average molecular weight is 420 g/mol. The van der Waals surface area contributed by atoms with Gasteiger partial charge in [0, 0.05) is 0 Å². The third kappa shape index (κ3) is 5.40. The molecular formula is C23H23F3O4. The molecule has 2 aromatic rings. The van der Waals surface area contributed by atoms with Crippen molar-refractivity contribution < 1.29 is 32.2 Å². The number of hydrogen-bond donors (Lipinski definition) is 0. The molecule has 0 aliphatic carbocycles. The quantitative estimate of drug-likeness (QED) is 0.615. The minimum absolute atomic E-state index is 0.0990. The van der Waals surface area contributed by atoms with E-state index in [-0.39, 0.29) is 6.42 Å². The van der Waals surface area contributed by atoms with E-state index in [1.807, 2.05) is 30.3 Å². The van der Waals surface area contributed by atoms with E-state index < -0.39 is 48.6 Å². The smallest absolute Gasteiger partial charge is 0.393 e. The van der Waals surface area contributed by atoms with Gasteiger partial charge in [-0.1, -0.05) is 60.7 Å².